The van der Waals surface area contributed by atoms with Gasteiger partial charge in [-0.25, -0.2) is 0 Å². The van der Waals surface area contributed by atoms with E-state index in [4.69, 9.17) is 4.74 Å². The average Bonchev–Trinajstić information content (AvgIpc) is 3.17. The zero-order valence-electron chi connectivity index (χ0n) is 14.8. The first-order valence-corrected chi connectivity index (χ1v) is 8.91. The fraction of sp³-hybridized carbons (Fsp3) is 0.227. The molecule has 1 unspecified atom stereocenters. The highest BCUT2D eigenvalue weighted by atomic mass is 16.5. The van der Waals surface area contributed by atoms with Gasteiger partial charge in [-0.05, 0) is 53.6 Å². The Balaban J connectivity index is 1.45. The number of carbonyl (C=O) groups is 1. The van der Waals surface area contributed by atoms with Crippen LogP contribution < -0.4 is 10.2 Å². The van der Waals surface area contributed by atoms with Crippen molar-refractivity contribution in [3.63, 3.8) is 0 Å². The molecule has 1 aliphatic rings. The minimum Gasteiger partial charge on any atom is -0.380 e. The molecule has 0 aliphatic carbocycles. The number of carbonyl (C=O) groups excluding carboxylic acids is 1. The van der Waals surface area contributed by atoms with E-state index < -0.39 is 0 Å². The Kier molecular flexibility index (Phi) is 4.59. The average molecular weight is 346 g/mol. The summed E-state index contributed by atoms with van der Waals surface area (Å²) in [6.07, 6.45) is 1.36. The largest absolute Gasteiger partial charge is 0.380 e. The van der Waals surface area contributed by atoms with Gasteiger partial charge < -0.3 is 15.0 Å². The van der Waals surface area contributed by atoms with Crippen LogP contribution in [-0.4, -0.2) is 32.2 Å². The second-order valence-electron chi connectivity index (χ2n) is 6.66. The first-order chi connectivity index (χ1) is 12.7. The molecule has 0 aromatic heterocycles. The van der Waals surface area contributed by atoms with E-state index in [1.807, 2.05) is 66.7 Å². The van der Waals surface area contributed by atoms with E-state index in [9.17, 15) is 4.79 Å². The molecule has 4 heteroatoms. The van der Waals surface area contributed by atoms with Crippen LogP contribution in [0.3, 0.4) is 0 Å². The standard InChI is InChI=1S/C22H22N2O2/c1-26-21-12-13-24(15-21)20-10-8-19(9-11-20)23-22(25)18-7-6-16-4-2-3-5-17(16)14-18/h2-11,14,21H,12-13,15H2,1H3,(H,23,25). The predicted molar refractivity (Wildman–Crippen MR) is 106 cm³/mol. The van der Waals surface area contributed by atoms with Crippen LogP contribution in [0.15, 0.2) is 66.7 Å². The number of anilines is 2. The lowest BCUT2D eigenvalue weighted by molar-refractivity contribution is 0.102. The van der Waals surface area contributed by atoms with Crippen molar-refractivity contribution in [2.45, 2.75) is 12.5 Å². The zero-order valence-corrected chi connectivity index (χ0v) is 14.8. The second-order valence-corrected chi connectivity index (χ2v) is 6.66. The summed E-state index contributed by atoms with van der Waals surface area (Å²) in [6, 6.07) is 21.8. The smallest absolute Gasteiger partial charge is 0.255 e. The molecule has 3 aromatic rings. The highest BCUT2D eigenvalue weighted by Gasteiger charge is 2.22. The molecule has 1 atom stereocenters. The van der Waals surface area contributed by atoms with Gasteiger partial charge in [-0.2, -0.15) is 0 Å². The van der Waals surface area contributed by atoms with Crippen LogP contribution in [0.4, 0.5) is 11.4 Å². The van der Waals surface area contributed by atoms with Crippen LogP contribution in [0, 0.1) is 0 Å². The van der Waals surface area contributed by atoms with Crippen molar-refractivity contribution in [1.82, 2.24) is 0 Å². The summed E-state index contributed by atoms with van der Waals surface area (Å²) in [5.74, 6) is -0.0934. The summed E-state index contributed by atoms with van der Waals surface area (Å²) in [7, 11) is 1.76. The van der Waals surface area contributed by atoms with Gasteiger partial charge in [0.15, 0.2) is 0 Å². The van der Waals surface area contributed by atoms with Gasteiger partial charge in [0.2, 0.25) is 0 Å². The first-order valence-electron chi connectivity index (χ1n) is 8.91. The molecule has 1 heterocycles. The fourth-order valence-electron chi connectivity index (χ4n) is 3.44. The number of benzene rings is 3. The van der Waals surface area contributed by atoms with E-state index in [1.165, 1.54) is 0 Å². The van der Waals surface area contributed by atoms with Crippen molar-refractivity contribution in [3.8, 4) is 0 Å². The third kappa shape index (κ3) is 3.41. The number of rotatable bonds is 4. The maximum atomic E-state index is 12.5. The van der Waals surface area contributed by atoms with E-state index >= 15 is 0 Å². The van der Waals surface area contributed by atoms with E-state index in [0.717, 1.165) is 41.7 Å². The number of ether oxygens (including phenoxy) is 1. The molecule has 4 rings (SSSR count). The Morgan fingerprint density at radius 1 is 1.04 bits per heavy atom. The van der Waals surface area contributed by atoms with Gasteiger partial charge in [0, 0.05) is 37.1 Å². The molecule has 1 amide bonds. The van der Waals surface area contributed by atoms with Crippen LogP contribution in [0.2, 0.25) is 0 Å². The topological polar surface area (TPSA) is 41.6 Å². The quantitative estimate of drug-likeness (QED) is 0.765. The Labute approximate surface area is 153 Å². The van der Waals surface area contributed by atoms with Gasteiger partial charge in [0.25, 0.3) is 5.91 Å². The Bertz CT molecular complexity index is 921. The predicted octanol–water partition coefficient (Wildman–Crippen LogP) is 4.32. The van der Waals surface area contributed by atoms with Crippen LogP contribution in [0.25, 0.3) is 10.8 Å². The van der Waals surface area contributed by atoms with Gasteiger partial charge in [0.1, 0.15) is 0 Å². The summed E-state index contributed by atoms with van der Waals surface area (Å²) in [6.45, 7) is 1.92. The molecular weight excluding hydrogens is 324 g/mol. The van der Waals surface area contributed by atoms with Gasteiger partial charge >= 0.3 is 0 Å². The van der Waals surface area contributed by atoms with Gasteiger partial charge in [-0.1, -0.05) is 30.3 Å². The van der Waals surface area contributed by atoms with Crippen molar-refractivity contribution < 1.29 is 9.53 Å². The number of fused-ring (bicyclic) bond motifs is 1. The highest BCUT2D eigenvalue weighted by molar-refractivity contribution is 6.06. The van der Waals surface area contributed by atoms with E-state index in [1.54, 1.807) is 7.11 Å². The number of hydrogen-bond donors (Lipinski definition) is 1. The minimum atomic E-state index is -0.0934. The molecule has 26 heavy (non-hydrogen) atoms. The SMILES string of the molecule is COC1CCN(c2ccc(NC(=O)c3ccc4ccccc4c3)cc2)C1. The number of nitrogens with zero attached hydrogens (tertiary/aromatic N) is 1. The lowest BCUT2D eigenvalue weighted by Gasteiger charge is -2.18. The number of methoxy groups -OCH3 is 1. The summed E-state index contributed by atoms with van der Waals surface area (Å²) in [5, 5.41) is 5.18. The van der Waals surface area contributed by atoms with Crippen LogP contribution >= 0.6 is 0 Å². The Morgan fingerprint density at radius 3 is 2.54 bits per heavy atom. The number of amides is 1. The molecule has 1 saturated heterocycles. The van der Waals surface area contributed by atoms with E-state index in [2.05, 4.69) is 10.2 Å². The van der Waals surface area contributed by atoms with Crippen molar-refractivity contribution in [2.75, 3.05) is 30.4 Å². The second kappa shape index (κ2) is 7.18. The molecule has 1 N–H and O–H groups in total. The molecular formula is C22H22N2O2. The molecule has 1 fully saturated rings. The third-order valence-corrected chi connectivity index (χ3v) is 4.98. The van der Waals surface area contributed by atoms with Crippen LogP contribution in [0.1, 0.15) is 16.8 Å². The molecule has 3 aromatic carbocycles. The fourth-order valence-corrected chi connectivity index (χ4v) is 3.44. The van der Waals surface area contributed by atoms with E-state index in [0.29, 0.717) is 11.7 Å². The van der Waals surface area contributed by atoms with E-state index in [-0.39, 0.29) is 5.91 Å². The van der Waals surface area contributed by atoms with Crippen LogP contribution in [-0.2, 0) is 4.74 Å². The summed E-state index contributed by atoms with van der Waals surface area (Å²) in [4.78, 5) is 14.9. The Hall–Kier alpha value is -2.85. The molecule has 0 saturated carbocycles. The van der Waals surface area contributed by atoms with Crippen molar-refractivity contribution >= 4 is 28.1 Å². The van der Waals surface area contributed by atoms with Crippen molar-refractivity contribution in [1.29, 1.82) is 0 Å². The van der Waals surface area contributed by atoms with Gasteiger partial charge in [0.05, 0.1) is 6.10 Å². The molecule has 1 aliphatic heterocycles. The first kappa shape index (κ1) is 16.6. The van der Waals surface area contributed by atoms with Gasteiger partial charge in [-0.15, -0.1) is 0 Å². The molecule has 0 radical (unpaired) electrons. The summed E-state index contributed by atoms with van der Waals surface area (Å²) < 4.78 is 5.42. The minimum absolute atomic E-state index is 0.0934. The number of nitrogens with one attached hydrogen (secondary N) is 1. The zero-order chi connectivity index (χ0) is 17.9. The molecule has 132 valence electrons. The maximum Gasteiger partial charge on any atom is 0.255 e. The maximum absolute atomic E-state index is 12.5. The molecule has 0 spiro atoms. The van der Waals surface area contributed by atoms with Crippen molar-refractivity contribution in [3.05, 3.63) is 72.3 Å². The summed E-state index contributed by atoms with van der Waals surface area (Å²) >= 11 is 0. The lowest BCUT2D eigenvalue weighted by atomic mass is 10.1. The molecule has 0 bridgehead atoms. The normalized spacial score (nSPS) is 16.8. The molecule has 4 nitrogen and oxygen atoms in total. The number of hydrogen-bond acceptors (Lipinski definition) is 3. The third-order valence-electron chi connectivity index (χ3n) is 4.98. The Morgan fingerprint density at radius 2 is 1.81 bits per heavy atom. The highest BCUT2D eigenvalue weighted by Crippen LogP contribution is 2.24. The lowest BCUT2D eigenvalue weighted by Crippen LogP contribution is -2.22. The van der Waals surface area contributed by atoms with Crippen molar-refractivity contribution in [2.24, 2.45) is 0 Å². The monoisotopic (exact) mass is 346 g/mol. The van der Waals surface area contributed by atoms with Gasteiger partial charge in [-0.3, -0.25) is 4.79 Å². The summed E-state index contributed by atoms with van der Waals surface area (Å²) in [5.41, 5.74) is 2.62. The van der Waals surface area contributed by atoms with Crippen LogP contribution in [0.5, 0.6) is 0 Å².